The van der Waals surface area contributed by atoms with E-state index in [1.165, 1.54) is 54.6 Å². The fraction of sp³-hybridized carbons (Fsp3) is 0.185. The minimum atomic E-state index is -5.48. The molecule has 9 nitrogen and oxygen atoms in total. The molecule has 234 valence electrons. The van der Waals surface area contributed by atoms with Gasteiger partial charge in [-0.05, 0) is 11.6 Å². The van der Waals surface area contributed by atoms with E-state index in [0.29, 0.717) is 10.7 Å². The summed E-state index contributed by atoms with van der Waals surface area (Å²) >= 11 is 29.0. The Morgan fingerprint density at radius 3 is 1.84 bits per heavy atom. The number of rotatable bonds is 10. The third-order valence-electron chi connectivity index (χ3n) is 5.77. The van der Waals surface area contributed by atoms with E-state index in [1.807, 2.05) is 0 Å². The maximum atomic E-state index is 13.7. The summed E-state index contributed by atoms with van der Waals surface area (Å²) in [6, 6.07) is 20.5. The average Bonchev–Trinajstić information content (AvgIpc) is 2.95. The molecule has 0 aliphatic carbocycles. The summed E-state index contributed by atoms with van der Waals surface area (Å²) in [4.78, 5) is 50.0. The number of carbonyl (C=O) groups is 4. The molecule has 17 heteroatoms. The maximum absolute atomic E-state index is 13.7. The van der Waals surface area contributed by atoms with E-state index < -0.39 is 44.1 Å². The van der Waals surface area contributed by atoms with Crippen molar-refractivity contribution in [1.82, 2.24) is 21.3 Å². The third-order valence-corrected chi connectivity index (χ3v) is 6.68. The largest absolute Gasteiger partial charge is 0.472 e. The number of anilines is 1. The lowest BCUT2D eigenvalue weighted by Crippen LogP contribution is -2.71. The van der Waals surface area contributed by atoms with Gasteiger partial charge in [0.2, 0.25) is 5.91 Å². The van der Waals surface area contributed by atoms with E-state index in [-0.39, 0.29) is 23.2 Å². The Balaban J connectivity index is 2.37. The molecule has 3 aromatic rings. The van der Waals surface area contributed by atoms with E-state index in [4.69, 9.17) is 58.0 Å². The fourth-order valence-electron chi connectivity index (χ4n) is 3.92. The Hall–Kier alpha value is -3.26. The summed E-state index contributed by atoms with van der Waals surface area (Å²) in [5.41, 5.74) is 1.21. The first-order valence-corrected chi connectivity index (χ1v) is 14.2. The number of alkyl halides is 8. The van der Waals surface area contributed by atoms with Crippen LogP contribution in [0.5, 0.6) is 0 Å². The van der Waals surface area contributed by atoms with E-state index in [1.54, 1.807) is 35.8 Å². The highest BCUT2D eigenvalue weighted by atomic mass is 35.6. The van der Waals surface area contributed by atoms with Crippen LogP contribution in [0.2, 0.25) is 0 Å². The van der Waals surface area contributed by atoms with Crippen molar-refractivity contribution < 1.29 is 32.3 Å². The molecule has 4 amide bonds. The molecule has 0 saturated carbocycles. The van der Waals surface area contributed by atoms with Crippen LogP contribution in [-0.2, 0) is 31.3 Å². The molecular formula is C27H21Cl5F3N5O4. The number of nitrogens with zero attached hydrogens (tertiary/aromatic N) is 1. The second-order valence-corrected chi connectivity index (χ2v) is 12.2. The quantitative estimate of drug-likeness (QED) is 0.130. The highest BCUT2D eigenvalue weighted by Crippen LogP contribution is 2.39. The SMILES string of the molecule is O=C(Cc1ccccc1)NN(NC(=O)C(F)(F)F)C(NC(=O)C(Cl)(Cl)Cl)(c1ccccc1)c1ccccc1NC(=O)C(Cl)Cl. The van der Waals surface area contributed by atoms with Crippen molar-refractivity contribution in [1.29, 1.82) is 0 Å². The summed E-state index contributed by atoms with van der Waals surface area (Å²) in [6.07, 6.45) is -5.87. The zero-order chi connectivity index (χ0) is 32.7. The molecule has 0 radical (unpaired) electrons. The van der Waals surface area contributed by atoms with Crippen LogP contribution in [0.4, 0.5) is 18.9 Å². The number of hydrogen-bond donors (Lipinski definition) is 4. The Morgan fingerprint density at radius 1 is 0.750 bits per heavy atom. The monoisotopic (exact) mass is 711 g/mol. The van der Waals surface area contributed by atoms with Gasteiger partial charge >= 0.3 is 12.1 Å². The number of carbonyl (C=O) groups excluding carboxylic acids is 4. The maximum Gasteiger partial charge on any atom is 0.472 e. The van der Waals surface area contributed by atoms with E-state index in [9.17, 15) is 32.3 Å². The van der Waals surface area contributed by atoms with E-state index in [2.05, 4.69) is 16.1 Å². The van der Waals surface area contributed by atoms with Gasteiger partial charge in [0.1, 0.15) is 0 Å². The molecule has 0 fully saturated rings. The average molecular weight is 714 g/mol. The topological polar surface area (TPSA) is 120 Å². The van der Waals surface area contributed by atoms with Crippen molar-refractivity contribution in [3.05, 3.63) is 102 Å². The third kappa shape index (κ3) is 8.90. The highest BCUT2D eigenvalue weighted by molar-refractivity contribution is 6.76. The summed E-state index contributed by atoms with van der Waals surface area (Å²) in [6.45, 7) is 0. The van der Waals surface area contributed by atoms with Crippen molar-refractivity contribution >= 4 is 87.3 Å². The van der Waals surface area contributed by atoms with Crippen LogP contribution < -0.4 is 21.5 Å². The molecule has 0 heterocycles. The lowest BCUT2D eigenvalue weighted by atomic mass is 9.89. The van der Waals surface area contributed by atoms with Crippen LogP contribution in [0.3, 0.4) is 0 Å². The second kappa shape index (κ2) is 14.7. The van der Waals surface area contributed by atoms with Crippen LogP contribution in [-0.4, -0.2) is 43.6 Å². The lowest BCUT2D eigenvalue weighted by molar-refractivity contribution is -0.185. The van der Waals surface area contributed by atoms with Gasteiger partial charge in [-0.3, -0.25) is 30.0 Å². The molecule has 1 atom stereocenters. The number of para-hydroxylation sites is 1. The van der Waals surface area contributed by atoms with Gasteiger partial charge in [0, 0.05) is 16.8 Å². The van der Waals surface area contributed by atoms with Gasteiger partial charge in [-0.2, -0.15) is 13.2 Å². The number of nitrogens with one attached hydrogen (secondary N) is 4. The number of benzene rings is 3. The first-order valence-electron chi connectivity index (χ1n) is 12.2. The zero-order valence-corrected chi connectivity index (χ0v) is 25.8. The van der Waals surface area contributed by atoms with Gasteiger partial charge in [0.05, 0.1) is 6.42 Å². The summed E-state index contributed by atoms with van der Waals surface area (Å²) in [5.74, 6) is -5.85. The van der Waals surface area contributed by atoms with E-state index >= 15 is 0 Å². The van der Waals surface area contributed by atoms with Crippen LogP contribution in [0.15, 0.2) is 84.9 Å². The molecule has 1 unspecified atom stereocenters. The number of amides is 4. The lowest BCUT2D eigenvalue weighted by Gasteiger charge is -2.45. The smallest absolute Gasteiger partial charge is 0.323 e. The standard InChI is InChI=1S/C27H21Cl5F3N5O4/c28-21(29)22(42)36-19-14-8-7-13-18(19)25(17-11-5-2-6-12-17,37-23(43)26(30,31)32)40(39-24(44)27(33,34)35)38-20(41)15-16-9-3-1-4-10-16/h1-14,21H,15H2,(H,36,42)(H,37,43)(H,38,41)(H,39,44). The number of halogens is 8. The highest BCUT2D eigenvalue weighted by Gasteiger charge is 2.51. The van der Waals surface area contributed by atoms with Gasteiger partial charge in [0.25, 0.3) is 15.6 Å². The molecule has 3 aromatic carbocycles. The van der Waals surface area contributed by atoms with Crippen LogP contribution in [0, 0.1) is 0 Å². The molecule has 0 aliphatic rings. The normalized spacial score (nSPS) is 13.1. The Kier molecular flexibility index (Phi) is 11.8. The molecule has 0 spiro atoms. The van der Waals surface area contributed by atoms with Gasteiger partial charge < -0.3 is 10.6 Å². The predicted molar refractivity (Wildman–Crippen MR) is 161 cm³/mol. The van der Waals surface area contributed by atoms with Crippen molar-refractivity contribution in [2.45, 2.75) is 26.9 Å². The van der Waals surface area contributed by atoms with Crippen LogP contribution in [0.25, 0.3) is 0 Å². The summed E-state index contributed by atoms with van der Waals surface area (Å²) < 4.78 is 38.4. The molecular weight excluding hydrogens is 693 g/mol. The van der Waals surface area contributed by atoms with Gasteiger partial charge in [0.15, 0.2) is 10.5 Å². The minimum absolute atomic E-state index is 0.0833. The van der Waals surface area contributed by atoms with Crippen LogP contribution in [0.1, 0.15) is 16.7 Å². The molecule has 0 bridgehead atoms. The van der Waals surface area contributed by atoms with Crippen molar-refractivity contribution in [2.24, 2.45) is 0 Å². The van der Waals surface area contributed by atoms with Gasteiger partial charge in [-0.15, -0.1) is 0 Å². The molecule has 0 aliphatic heterocycles. The van der Waals surface area contributed by atoms with E-state index in [0.717, 1.165) is 0 Å². The summed E-state index contributed by atoms with van der Waals surface area (Å²) in [7, 11) is 0. The molecule has 44 heavy (non-hydrogen) atoms. The van der Waals surface area contributed by atoms with Crippen molar-refractivity contribution in [3.63, 3.8) is 0 Å². The first-order chi connectivity index (χ1) is 20.6. The molecule has 4 N–H and O–H groups in total. The molecule has 3 rings (SSSR count). The number of hydrazine groups is 2. The van der Waals surface area contributed by atoms with Crippen molar-refractivity contribution in [3.8, 4) is 0 Å². The zero-order valence-electron chi connectivity index (χ0n) is 22.0. The first kappa shape index (κ1) is 35.2. The second-order valence-electron chi connectivity index (χ2n) is 8.84. The fourth-order valence-corrected chi connectivity index (χ4v) is 4.17. The van der Waals surface area contributed by atoms with Gasteiger partial charge in [-0.1, -0.05) is 142 Å². The van der Waals surface area contributed by atoms with Gasteiger partial charge in [-0.25, -0.2) is 0 Å². The summed E-state index contributed by atoms with van der Waals surface area (Å²) in [5, 5.41) is 5.06. The molecule has 0 saturated heterocycles. The minimum Gasteiger partial charge on any atom is -0.323 e. The molecule has 0 aromatic heterocycles. The van der Waals surface area contributed by atoms with Crippen molar-refractivity contribution in [2.75, 3.05) is 5.32 Å². The number of hydrogen-bond acceptors (Lipinski definition) is 5. The Bertz CT molecular complexity index is 1490. The Morgan fingerprint density at radius 2 is 1.30 bits per heavy atom. The Labute approximate surface area is 273 Å². The predicted octanol–water partition coefficient (Wildman–Crippen LogP) is 5.29. The van der Waals surface area contributed by atoms with Crippen LogP contribution >= 0.6 is 58.0 Å².